The number of ether oxygens (including phenoxy) is 1. The first kappa shape index (κ1) is 13.6. The van der Waals surface area contributed by atoms with Crippen LogP contribution in [0, 0.1) is 11.8 Å². The van der Waals surface area contributed by atoms with E-state index in [2.05, 4.69) is 6.58 Å². The van der Waals surface area contributed by atoms with Gasteiger partial charge >= 0.3 is 5.97 Å². The van der Waals surface area contributed by atoms with E-state index in [1.165, 1.54) is 51.4 Å². The van der Waals surface area contributed by atoms with Crippen LogP contribution in [0.2, 0.25) is 0 Å². The predicted octanol–water partition coefficient (Wildman–Crippen LogP) is 4.24. The molecule has 0 spiro atoms. The van der Waals surface area contributed by atoms with Gasteiger partial charge in [0, 0.05) is 5.57 Å². The Balaban J connectivity index is 1.96. The smallest absolute Gasteiger partial charge is 0.333 e. The molecular formula is C16H26O2. The molecule has 0 aromatic rings. The molecule has 102 valence electrons. The molecule has 2 unspecified atom stereocenters. The third kappa shape index (κ3) is 3.37. The number of hydrogen-bond donors (Lipinski definition) is 0. The second-order valence-corrected chi connectivity index (χ2v) is 6.07. The Hall–Kier alpha value is -0.790. The van der Waals surface area contributed by atoms with Gasteiger partial charge in [0.1, 0.15) is 6.10 Å². The van der Waals surface area contributed by atoms with Crippen molar-refractivity contribution in [1.29, 1.82) is 0 Å². The van der Waals surface area contributed by atoms with E-state index in [0.717, 1.165) is 12.3 Å². The van der Waals surface area contributed by atoms with Crippen molar-refractivity contribution in [2.75, 3.05) is 0 Å². The Labute approximate surface area is 111 Å². The summed E-state index contributed by atoms with van der Waals surface area (Å²) >= 11 is 0. The molecule has 18 heavy (non-hydrogen) atoms. The molecule has 0 N–H and O–H groups in total. The molecule has 2 nitrogen and oxygen atoms in total. The van der Waals surface area contributed by atoms with Gasteiger partial charge in [-0.2, -0.15) is 0 Å². The van der Waals surface area contributed by atoms with Crippen LogP contribution in [0.25, 0.3) is 0 Å². The summed E-state index contributed by atoms with van der Waals surface area (Å²) in [7, 11) is 0. The van der Waals surface area contributed by atoms with E-state index < -0.39 is 0 Å². The fourth-order valence-electron chi connectivity index (χ4n) is 3.61. The molecule has 0 bridgehead atoms. The number of rotatable bonds is 3. The first-order valence-corrected chi connectivity index (χ1v) is 7.55. The van der Waals surface area contributed by atoms with Gasteiger partial charge in [0.15, 0.2) is 0 Å². The van der Waals surface area contributed by atoms with E-state index in [1.807, 2.05) is 0 Å². The molecular weight excluding hydrogens is 224 g/mol. The lowest BCUT2D eigenvalue weighted by molar-refractivity contribution is -0.150. The van der Waals surface area contributed by atoms with E-state index in [1.54, 1.807) is 6.92 Å². The van der Waals surface area contributed by atoms with Crippen molar-refractivity contribution in [3.8, 4) is 0 Å². The van der Waals surface area contributed by atoms with E-state index in [-0.39, 0.29) is 12.1 Å². The van der Waals surface area contributed by atoms with Crippen molar-refractivity contribution in [2.45, 2.75) is 70.8 Å². The zero-order valence-electron chi connectivity index (χ0n) is 11.6. The van der Waals surface area contributed by atoms with Crippen molar-refractivity contribution in [1.82, 2.24) is 0 Å². The zero-order chi connectivity index (χ0) is 13.0. The van der Waals surface area contributed by atoms with Crippen LogP contribution in [0.5, 0.6) is 0 Å². The topological polar surface area (TPSA) is 26.3 Å². The van der Waals surface area contributed by atoms with Crippen molar-refractivity contribution in [3.05, 3.63) is 12.2 Å². The minimum absolute atomic E-state index is 0.158. The van der Waals surface area contributed by atoms with E-state index in [4.69, 9.17) is 4.74 Å². The van der Waals surface area contributed by atoms with Gasteiger partial charge in [0.25, 0.3) is 0 Å². The maximum absolute atomic E-state index is 11.7. The fraction of sp³-hybridized carbons (Fsp3) is 0.812. The summed E-state index contributed by atoms with van der Waals surface area (Å²) in [5, 5.41) is 0. The second-order valence-electron chi connectivity index (χ2n) is 6.07. The number of carbonyl (C=O) groups excluding carboxylic acids is 1. The third-order valence-corrected chi connectivity index (χ3v) is 4.62. The van der Waals surface area contributed by atoms with Crippen molar-refractivity contribution >= 4 is 5.97 Å². The van der Waals surface area contributed by atoms with Crippen LogP contribution in [0.3, 0.4) is 0 Å². The Morgan fingerprint density at radius 2 is 1.61 bits per heavy atom. The molecule has 0 aromatic heterocycles. The summed E-state index contributed by atoms with van der Waals surface area (Å²) in [6.07, 6.45) is 11.8. The molecule has 2 saturated carbocycles. The van der Waals surface area contributed by atoms with Crippen LogP contribution < -0.4 is 0 Å². The number of carbonyl (C=O) groups is 1. The Morgan fingerprint density at radius 3 is 2.28 bits per heavy atom. The molecule has 2 fully saturated rings. The van der Waals surface area contributed by atoms with Gasteiger partial charge in [-0.25, -0.2) is 4.79 Å². The molecule has 0 saturated heterocycles. The van der Waals surface area contributed by atoms with E-state index in [9.17, 15) is 4.79 Å². The minimum Gasteiger partial charge on any atom is -0.459 e. The van der Waals surface area contributed by atoms with Gasteiger partial charge in [-0.05, 0) is 38.0 Å². The number of hydrogen-bond acceptors (Lipinski definition) is 2. The van der Waals surface area contributed by atoms with Crippen LogP contribution in [0.4, 0.5) is 0 Å². The largest absolute Gasteiger partial charge is 0.459 e. The molecule has 2 aliphatic rings. The van der Waals surface area contributed by atoms with E-state index >= 15 is 0 Å². The number of esters is 1. The first-order valence-electron chi connectivity index (χ1n) is 7.55. The fourth-order valence-corrected chi connectivity index (χ4v) is 3.61. The second kappa shape index (κ2) is 6.40. The molecule has 2 atom stereocenters. The van der Waals surface area contributed by atoms with Crippen molar-refractivity contribution in [2.24, 2.45) is 11.8 Å². The van der Waals surface area contributed by atoms with Crippen molar-refractivity contribution < 1.29 is 9.53 Å². The molecule has 0 heterocycles. The molecule has 0 aliphatic heterocycles. The third-order valence-electron chi connectivity index (χ3n) is 4.62. The van der Waals surface area contributed by atoms with Crippen LogP contribution in [0.1, 0.15) is 64.7 Å². The Kier molecular flexibility index (Phi) is 4.85. The van der Waals surface area contributed by atoms with Crippen LogP contribution in [-0.2, 0) is 9.53 Å². The average molecular weight is 250 g/mol. The summed E-state index contributed by atoms with van der Waals surface area (Å²) in [6, 6.07) is 0. The van der Waals surface area contributed by atoms with Crippen LogP contribution in [0.15, 0.2) is 12.2 Å². The molecule has 2 heteroatoms. The summed E-state index contributed by atoms with van der Waals surface area (Å²) in [4.78, 5) is 11.7. The highest BCUT2D eigenvalue weighted by atomic mass is 16.5. The van der Waals surface area contributed by atoms with Crippen LogP contribution >= 0.6 is 0 Å². The van der Waals surface area contributed by atoms with E-state index in [0.29, 0.717) is 11.5 Å². The summed E-state index contributed by atoms with van der Waals surface area (Å²) in [5.41, 5.74) is 0.531. The lowest BCUT2D eigenvalue weighted by Gasteiger charge is -2.38. The van der Waals surface area contributed by atoms with Crippen molar-refractivity contribution in [3.63, 3.8) is 0 Å². The first-order chi connectivity index (χ1) is 8.68. The average Bonchev–Trinajstić information content (AvgIpc) is 2.40. The maximum Gasteiger partial charge on any atom is 0.333 e. The molecule has 0 amide bonds. The molecule has 0 aromatic carbocycles. The SMILES string of the molecule is C=C(C)C(=O)OC1CCCCC1C1CCCCC1. The lowest BCUT2D eigenvalue weighted by atomic mass is 9.72. The van der Waals surface area contributed by atoms with Gasteiger partial charge in [-0.1, -0.05) is 45.1 Å². The quantitative estimate of drug-likeness (QED) is 0.553. The Bertz CT molecular complexity index is 302. The van der Waals surface area contributed by atoms with Gasteiger partial charge in [0.05, 0.1) is 0 Å². The Morgan fingerprint density at radius 1 is 1.00 bits per heavy atom. The van der Waals surface area contributed by atoms with Gasteiger partial charge in [0.2, 0.25) is 0 Å². The normalized spacial score (nSPS) is 29.8. The predicted molar refractivity (Wildman–Crippen MR) is 73.2 cm³/mol. The van der Waals surface area contributed by atoms with Crippen LogP contribution in [-0.4, -0.2) is 12.1 Å². The lowest BCUT2D eigenvalue weighted by Crippen LogP contribution is -2.35. The molecule has 0 radical (unpaired) electrons. The molecule has 2 aliphatic carbocycles. The maximum atomic E-state index is 11.7. The van der Waals surface area contributed by atoms with Gasteiger partial charge in [-0.3, -0.25) is 0 Å². The highest BCUT2D eigenvalue weighted by molar-refractivity contribution is 5.87. The zero-order valence-corrected chi connectivity index (χ0v) is 11.6. The van der Waals surface area contributed by atoms with Gasteiger partial charge < -0.3 is 4.74 Å². The standard InChI is InChI=1S/C16H26O2/c1-12(2)16(17)18-15-11-7-6-10-14(15)13-8-4-3-5-9-13/h13-15H,1,3-11H2,2H3. The highest BCUT2D eigenvalue weighted by Crippen LogP contribution is 2.39. The van der Waals surface area contributed by atoms with Gasteiger partial charge in [-0.15, -0.1) is 0 Å². The summed E-state index contributed by atoms with van der Waals surface area (Å²) in [5.74, 6) is 1.21. The molecule has 2 rings (SSSR count). The monoisotopic (exact) mass is 250 g/mol. The highest BCUT2D eigenvalue weighted by Gasteiger charge is 2.34. The summed E-state index contributed by atoms with van der Waals surface area (Å²) in [6.45, 7) is 5.42. The minimum atomic E-state index is -0.192. The summed E-state index contributed by atoms with van der Waals surface area (Å²) < 4.78 is 5.68.